The number of hydrogen-bond donors (Lipinski definition) is 0. The molecule has 0 radical (unpaired) electrons. The Kier molecular flexibility index (Phi) is 6.02. The predicted octanol–water partition coefficient (Wildman–Crippen LogP) is 3.00. The normalized spacial score (nSPS) is 12.7. The van der Waals surface area contributed by atoms with Crippen molar-refractivity contribution in [3.63, 3.8) is 0 Å². The lowest BCUT2D eigenvalue weighted by Gasteiger charge is -1.85. The molecule has 0 saturated carbocycles. The monoisotopic (exact) mass is 182 g/mol. The quantitative estimate of drug-likeness (QED) is 0.371. The van der Waals surface area contributed by atoms with Crippen LogP contribution in [0, 0.1) is 0 Å². The van der Waals surface area contributed by atoms with Crippen molar-refractivity contribution in [2.45, 2.75) is 6.92 Å². The van der Waals surface area contributed by atoms with Crippen LogP contribution in [0.25, 0.3) is 0 Å². The lowest BCUT2D eigenvalue weighted by atomic mass is 10.2. The summed E-state index contributed by atoms with van der Waals surface area (Å²) in [5.74, 6) is 0. The van der Waals surface area contributed by atoms with Gasteiger partial charge in [0.15, 0.2) is 0 Å². The van der Waals surface area contributed by atoms with Crippen LogP contribution in [0.15, 0.2) is 48.6 Å². The molecule has 64 valence electrons. The van der Waals surface area contributed by atoms with E-state index < -0.39 is 5.24 Å². The Morgan fingerprint density at radius 1 is 1.33 bits per heavy atom. The van der Waals surface area contributed by atoms with Crippen molar-refractivity contribution in [2.75, 3.05) is 0 Å². The molecule has 0 atom stereocenters. The molecule has 0 aromatic heterocycles. The first kappa shape index (κ1) is 10.9. The molecule has 1 nitrogen and oxygen atoms in total. The van der Waals surface area contributed by atoms with E-state index in [-0.39, 0.29) is 0 Å². The maximum absolute atomic E-state index is 10.3. The van der Waals surface area contributed by atoms with Gasteiger partial charge in [0.2, 0.25) is 5.24 Å². The van der Waals surface area contributed by atoms with Gasteiger partial charge < -0.3 is 0 Å². The highest BCUT2D eigenvalue weighted by molar-refractivity contribution is 6.66. The molecule has 2 heteroatoms. The van der Waals surface area contributed by atoms with E-state index in [0.29, 0.717) is 0 Å². The summed E-state index contributed by atoms with van der Waals surface area (Å²) in [7, 11) is 0. The van der Waals surface area contributed by atoms with E-state index in [1.807, 2.05) is 19.1 Å². The minimum atomic E-state index is -0.463. The minimum absolute atomic E-state index is 0.463. The number of hydrogen-bond acceptors (Lipinski definition) is 1. The summed E-state index contributed by atoms with van der Waals surface area (Å²) in [5.41, 5.74) is 0.960. The van der Waals surface area contributed by atoms with Crippen LogP contribution in [-0.4, -0.2) is 5.24 Å². The van der Waals surface area contributed by atoms with Crippen LogP contribution < -0.4 is 0 Å². The SMILES string of the molecule is C=CC=CC=C(C)C=CC(=O)Cl. The van der Waals surface area contributed by atoms with Gasteiger partial charge in [-0.25, -0.2) is 0 Å². The molecule has 0 amide bonds. The van der Waals surface area contributed by atoms with Gasteiger partial charge in [0, 0.05) is 0 Å². The number of carbonyl (C=O) groups excluding carboxylic acids is 1. The molecule has 0 aliphatic heterocycles. The third kappa shape index (κ3) is 7.03. The summed E-state index contributed by atoms with van der Waals surface area (Å²) < 4.78 is 0. The smallest absolute Gasteiger partial charge is 0.245 e. The van der Waals surface area contributed by atoms with E-state index >= 15 is 0 Å². The predicted molar refractivity (Wildman–Crippen MR) is 53.1 cm³/mol. The van der Waals surface area contributed by atoms with Gasteiger partial charge >= 0.3 is 0 Å². The minimum Gasteiger partial charge on any atom is -0.276 e. The van der Waals surface area contributed by atoms with Crippen LogP contribution in [0.5, 0.6) is 0 Å². The molecule has 0 spiro atoms. The van der Waals surface area contributed by atoms with Crippen molar-refractivity contribution in [1.82, 2.24) is 0 Å². The standard InChI is InChI=1S/C10H11ClO/c1-3-4-5-6-9(2)7-8-10(11)12/h3-8H,1H2,2H3. The summed E-state index contributed by atoms with van der Waals surface area (Å²) in [4.78, 5) is 10.3. The van der Waals surface area contributed by atoms with Gasteiger partial charge in [0.05, 0.1) is 0 Å². The van der Waals surface area contributed by atoms with Crippen molar-refractivity contribution in [1.29, 1.82) is 0 Å². The number of allylic oxidation sites excluding steroid dienone is 7. The molecule has 0 heterocycles. The number of halogens is 1. The van der Waals surface area contributed by atoms with Gasteiger partial charge in [-0.15, -0.1) is 0 Å². The van der Waals surface area contributed by atoms with Gasteiger partial charge in [-0.1, -0.05) is 42.5 Å². The van der Waals surface area contributed by atoms with E-state index in [1.54, 1.807) is 18.2 Å². The molecule has 0 aliphatic carbocycles. The highest BCUT2D eigenvalue weighted by Gasteiger charge is 1.84. The molecule has 0 fully saturated rings. The second-order valence-electron chi connectivity index (χ2n) is 2.17. The maximum atomic E-state index is 10.3. The van der Waals surface area contributed by atoms with Crippen LogP contribution in [0.2, 0.25) is 0 Å². The molecular formula is C10H11ClO. The van der Waals surface area contributed by atoms with Gasteiger partial charge in [0.1, 0.15) is 0 Å². The Morgan fingerprint density at radius 2 is 2.00 bits per heavy atom. The third-order valence-electron chi connectivity index (χ3n) is 1.08. The average Bonchev–Trinajstić information content (AvgIpc) is 2.01. The topological polar surface area (TPSA) is 17.1 Å². The van der Waals surface area contributed by atoms with Crippen molar-refractivity contribution in [3.8, 4) is 0 Å². The van der Waals surface area contributed by atoms with Crippen molar-refractivity contribution >= 4 is 16.8 Å². The largest absolute Gasteiger partial charge is 0.276 e. The van der Waals surface area contributed by atoms with Gasteiger partial charge in [-0.2, -0.15) is 0 Å². The lowest BCUT2D eigenvalue weighted by Crippen LogP contribution is -1.75. The van der Waals surface area contributed by atoms with Gasteiger partial charge in [-0.3, -0.25) is 4.79 Å². The number of rotatable bonds is 4. The summed E-state index contributed by atoms with van der Waals surface area (Å²) >= 11 is 5.10. The maximum Gasteiger partial charge on any atom is 0.245 e. The van der Waals surface area contributed by atoms with E-state index in [4.69, 9.17) is 11.6 Å². The fraction of sp³-hybridized carbons (Fsp3) is 0.100. The van der Waals surface area contributed by atoms with Gasteiger partial charge in [-0.05, 0) is 24.6 Å². The molecule has 12 heavy (non-hydrogen) atoms. The van der Waals surface area contributed by atoms with Crippen molar-refractivity contribution in [2.24, 2.45) is 0 Å². The Hall–Kier alpha value is -1.08. The van der Waals surface area contributed by atoms with Crippen LogP contribution in [0.4, 0.5) is 0 Å². The summed E-state index contributed by atoms with van der Waals surface area (Å²) in [6.07, 6.45) is 10.2. The lowest BCUT2D eigenvalue weighted by molar-refractivity contribution is -0.107. The molecule has 0 saturated heterocycles. The first-order valence-electron chi connectivity index (χ1n) is 3.50. The van der Waals surface area contributed by atoms with Crippen molar-refractivity contribution < 1.29 is 4.79 Å². The molecular weight excluding hydrogens is 172 g/mol. The molecule has 0 aliphatic rings. The first-order chi connectivity index (χ1) is 5.66. The molecule has 0 bridgehead atoms. The fourth-order valence-corrected chi connectivity index (χ4v) is 0.601. The van der Waals surface area contributed by atoms with Crippen LogP contribution in [-0.2, 0) is 4.79 Å². The number of carbonyl (C=O) groups is 1. The second kappa shape index (κ2) is 6.62. The fourth-order valence-electron chi connectivity index (χ4n) is 0.538. The Morgan fingerprint density at radius 3 is 2.50 bits per heavy atom. The zero-order valence-electron chi connectivity index (χ0n) is 6.96. The van der Waals surface area contributed by atoms with Crippen molar-refractivity contribution in [3.05, 3.63) is 48.6 Å². The zero-order chi connectivity index (χ0) is 9.40. The summed E-state index contributed by atoms with van der Waals surface area (Å²) in [6.45, 7) is 5.40. The van der Waals surface area contributed by atoms with Crippen LogP contribution >= 0.6 is 11.6 Å². The van der Waals surface area contributed by atoms with E-state index in [1.165, 1.54) is 6.08 Å². The molecule has 0 N–H and O–H groups in total. The average molecular weight is 183 g/mol. The third-order valence-corrected chi connectivity index (χ3v) is 1.21. The molecule has 0 rings (SSSR count). The Bertz CT molecular complexity index is 247. The van der Waals surface area contributed by atoms with E-state index in [2.05, 4.69) is 6.58 Å². The highest BCUT2D eigenvalue weighted by atomic mass is 35.5. The van der Waals surface area contributed by atoms with Crippen LogP contribution in [0.1, 0.15) is 6.92 Å². The summed E-state index contributed by atoms with van der Waals surface area (Å²) in [6, 6.07) is 0. The molecule has 0 unspecified atom stereocenters. The highest BCUT2D eigenvalue weighted by Crippen LogP contribution is 1.96. The second-order valence-corrected chi connectivity index (χ2v) is 2.54. The molecule has 0 aromatic rings. The van der Waals surface area contributed by atoms with Gasteiger partial charge in [0.25, 0.3) is 0 Å². The zero-order valence-corrected chi connectivity index (χ0v) is 7.71. The van der Waals surface area contributed by atoms with E-state index in [9.17, 15) is 4.79 Å². The van der Waals surface area contributed by atoms with Crippen LogP contribution in [0.3, 0.4) is 0 Å². The molecule has 0 aromatic carbocycles. The van der Waals surface area contributed by atoms with E-state index in [0.717, 1.165) is 5.57 Å². The first-order valence-corrected chi connectivity index (χ1v) is 3.88. The Labute approximate surface area is 77.7 Å². The summed E-state index contributed by atoms with van der Waals surface area (Å²) in [5, 5.41) is -0.463. The Balaban J connectivity index is 4.10.